The fourth-order valence-corrected chi connectivity index (χ4v) is 3.85. The molecule has 1 heterocycles. The van der Waals surface area contributed by atoms with Gasteiger partial charge in [-0.3, -0.25) is 0 Å². The maximum atomic E-state index is 5.79. The molecule has 4 fully saturated rings. The molecule has 1 heteroatoms. The molecule has 4 atom stereocenters. The van der Waals surface area contributed by atoms with E-state index >= 15 is 0 Å². The second-order valence-corrected chi connectivity index (χ2v) is 5.02. The summed E-state index contributed by atoms with van der Waals surface area (Å²) in [5, 5.41) is 0. The molecule has 4 rings (SSSR count). The quantitative estimate of drug-likeness (QED) is 0.481. The summed E-state index contributed by atoms with van der Waals surface area (Å²) in [6.07, 6.45) is 8.98. The van der Waals surface area contributed by atoms with Crippen molar-refractivity contribution in [2.24, 2.45) is 17.3 Å². The number of hydrogen-bond donors (Lipinski definition) is 0. The van der Waals surface area contributed by atoms with Gasteiger partial charge in [-0.1, -0.05) is 0 Å². The van der Waals surface area contributed by atoms with Crippen molar-refractivity contribution in [3.05, 3.63) is 0 Å². The van der Waals surface area contributed by atoms with E-state index in [-0.39, 0.29) is 0 Å². The van der Waals surface area contributed by atoms with Crippen molar-refractivity contribution >= 4 is 0 Å². The summed E-state index contributed by atoms with van der Waals surface area (Å²) in [5.41, 5.74) is 0.748. The second-order valence-electron chi connectivity index (χ2n) is 5.02. The Kier molecular flexibility index (Phi) is 0.706. The molecule has 4 unspecified atom stereocenters. The number of epoxide rings is 1. The molecule has 0 amide bonds. The van der Waals surface area contributed by atoms with Crippen LogP contribution in [0, 0.1) is 17.3 Å². The Morgan fingerprint density at radius 1 is 1.18 bits per heavy atom. The van der Waals surface area contributed by atoms with Crippen LogP contribution in [0.1, 0.15) is 32.1 Å². The van der Waals surface area contributed by atoms with Crippen molar-refractivity contribution in [2.45, 2.75) is 44.3 Å². The minimum atomic E-state index is 0.733. The van der Waals surface area contributed by atoms with Gasteiger partial charge in [-0.2, -0.15) is 0 Å². The highest BCUT2D eigenvalue weighted by molar-refractivity contribution is 5.19. The molecule has 1 nitrogen and oxygen atoms in total. The van der Waals surface area contributed by atoms with Crippen LogP contribution in [-0.4, -0.2) is 12.2 Å². The van der Waals surface area contributed by atoms with E-state index in [1.165, 1.54) is 32.1 Å². The van der Waals surface area contributed by atoms with E-state index < -0.39 is 0 Å². The standard InChI is InChI=1S/C10H14O/c1-2-7-5-6(1)8-9(11-8)10(7)3-4-10/h6-9H,1-5H2. The van der Waals surface area contributed by atoms with Gasteiger partial charge in [0.2, 0.25) is 0 Å². The molecule has 0 radical (unpaired) electrons. The van der Waals surface area contributed by atoms with Gasteiger partial charge in [0, 0.05) is 5.41 Å². The van der Waals surface area contributed by atoms with Crippen LogP contribution in [0.3, 0.4) is 0 Å². The third-order valence-electron chi connectivity index (χ3n) is 4.67. The van der Waals surface area contributed by atoms with Crippen LogP contribution < -0.4 is 0 Å². The molecule has 11 heavy (non-hydrogen) atoms. The maximum Gasteiger partial charge on any atom is 0.0903 e. The van der Waals surface area contributed by atoms with Gasteiger partial charge in [0.15, 0.2) is 0 Å². The Morgan fingerprint density at radius 3 is 2.91 bits per heavy atom. The molecular formula is C10H14O. The molecule has 1 spiro atoms. The molecule has 0 aromatic heterocycles. The summed E-state index contributed by atoms with van der Waals surface area (Å²) in [5.74, 6) is 2.06. The van der Waals surface area contributed by atoms with E-state index in [9.17, 15) is 0 Å². The number of hydrogen-bond acceptors (Lipinski definition) is 1. The Morgan fingerprint density at radius 2 is 2.09 bits per heavy atom. The molecule has 0 N–H and O–H groups in total. The van der Waals surface area contributed by atoms with Crippen LogP contribution in [0.25, 0.3) is 0 Å². The highest BCUT2D eigenvalue weighted by atomic mass is 16.6. The lowest BCUT2D eigenvalue weighted by atomic mass is 9.77. The Labute approximate surface area is 67.1 Å². The lowest BCUT2D eigenvalue weighted by molar-refractivity contribution is 0.230. The monoisotopic (exact) mass is 150 g/mol. The fraction of sp³-hybridized carbons (Fsp3) is 1.00. The fourth-order valence-electron chi connectivity index (χ4n) is 3.85. The zero-order valence-corrected chi connectivity index (χ0v) is 6.75. The summed E-state index contributed by atoms with van der Waals surface area (Å²) in [4.78, 5) is 0. The summed E-state index contributed by atoms with van der Waals surface area (Å²) < 4.78 is 5.79. The van der Waals surface area contributed by atoms with Gasteiger partial charge in [0.1, 0.15) is 0 Å². The molecule has 1 aliphatic heterocycles. The van der Waals surface area contributed by atoms with E-state index in [4.69, 9.17) is 4.74 Å². The lowest BCUT2D eigenvalue weighted by Gasteiger charge is -2.24. The van der Waals surface area contributed by atoms with Crippen molar-refractivity contribution in [2.75, 3.05) is 0 Å². The van der Waals surface area contributed by atoms with Crippen molar-refractivity contribution in [3.8, 4) is 0 Å². The van der Waals surface area contributed by atoms with Crippen LogP contribution in [0.5, 0.6) is 0 Å². The molecule has 1 saturated heterocycles. The lowest BCUT2D eigenvalue weighted by Crippen LogP contribution is -2.27. The average molecular weight is 150 g/mol. The third kappa shape index (κ3) is 0.488. The first-order valence-corrected chi connectivity index (χ1v) is 5.06. The number of fused-ring (bicyclic) bond motifs is 6. The Balaban J connectivity index is 1.81. The topological polar surface area (TPSA) is 12.5 Å². The van der Waals surface area contributed by atoms with E-state index in [0.717, 1.165) is 29.5 Å². The highest BCUT2D eigenvalue weighted by Crippen LogP contribution is 2.71. The SMILES string of the molecule is C1CC2CC1C1OC1C21CC1. The second kappa shape index (κ2) is 1.39. The summed E-state index contributed by atoms with van der Waals surface area (Å²) in [6.45, 7) is 0. The normalized spacial score (nSPS) is 61.1. The predicted molar refractivity (Wildman–Crippen MR) is 41.2 cm³/mol. The number of rotatable bonds is 0. The van der Waals surface area contributed by atoms with Crippen LogP contribution in [-0.2, 0) is 4.74 Å². The van der Waals surface area contributed by atoms with E-state index in [1.807, 2.05) is 0 Å². The molecule has 3 aliphatic carbocycles. The molecular weight excluding hydrogens is 136 g/mol. The molecule has 60 valence electrons. The minimum Gasteiger partial charge on any atom is -0.369 e. The zero-order valence-electron chi connectivity index (χ0n) is 6.75. The van der Waals surface area contributed by atoms with E-state index in [0.29, 0.717) is 0 Å². The first kappa shape index (κ1) is 5.58. The van der Waals surface area contributed by atoms with Crippen LogP contribution in [0.15, 0.2) is 0 Å². The van der Waals surface area contributed by atoms with Gasteiger partial charge in [0.25, 0.3) is 0 Å². The van der Waals surface area contributed by atoms with Crippen LogP contribution in [0.2, 0.25) is 0 Å². The first-order chi connectivity index (χ1) is 5.40. The summed E-state index contributed by atoms with van der Waals surface area (Å²) >= 11 is 0. The Bertz CT molecular complexity index is 219. The van der Waals surface area contributed by atoms with Crippen molar-refractivity contribution in [3.63, 3.8) is 0 Å². The highest BCUT2D eigenvalue weighted by Gasteiger charge is 2.70. The summed E-state index contributed by atoms with van der Waals surface area (Å²) in [7, 11) is 0. The molecule has 0 aromatic carbocycles. The third-order valence-corrected chi connectivity index (χ3v) is 4.67. The van der Waals surface area contributed by atoms with Gasteiger partial charge >= 0.3 is 0 Å². The summed E-state index contributed by atoms with van der Waals surface area (Å²) in [6, 6.07) is 0. The smallest absolute Gasteiger partial charge is 0.0903 e. The van der Waals surface area contributed by atoms with E-state index in [2.05, 4.69) is 0 Å². The average Bonchev–Trinajstić information content (AvgIpc) is 2.89. The molecule has 0 aromatic rings. The minimum absolute atomic E-state index is 0.733. The van der Waals surface area contributed by atoms with Gasteiger partial charge in [-0.25, -0.2) is 0 Å². The first-order valence-electron chi connectivity index (χ1n) is 5.06. The van der Waals surface area contributed by atoms with Crippen molar-refractivity contribution in [1.82, 2.24) is 0 Å². The maximum absolute atomic E-state index is 5.79. The van der Waals surface area contributed by atoms with Gasteiger partial charge in [0.05, 0.1) is 12.2 Å². The van der Waals surface area contributed by atoms with Crippen molar-refractivity contribution < 1.29 is 4.74 Å². The predicted octanol–water partition coefficient (Wildman–Crippen LogP) is 1.96. The Hall–Kier alpha value is -0.0400. The van der Waals surface area contributed by atoms with Gasteiger partial charge < -0.3 is 4.74 Å². The molecule has 4 aliphatic rings. The van der Waals surface area contributed by atoms with Gasteiger partial charge in [-0.05, 0) is 43.9 Å². The van der Waals surface area contributed by atoms with Crippen molar-refractivity contribution in [1.29, 1.82) is 0 Å². The number of ether oxygens (including phenoxy) is 1. The molecule has 3 saturated carbocycles. The van der Waals surface area contributed by atoms with E-state index in [1.54, 1.807) is 0 Å². The molecule has 2 bridgehead atoms. The van der Waals surface area contributed by atoms with Crippen LogP contribution in [0.4, 0.5) is 0 Å². The zero-order chi connectivity index (χ0) is 7.05. The van der Waals surface area contributed by atoms with Gasteiger partial charge in [-0.15, -0.1) is 0 Å². The largest absolute Gasteiger partial charge is 0.369 e. The van der Waals surface area contributed by atoms with Crippen LogP contribution >= 0.6 is 0 Å².